The van der Waals surface area contributed by atoms with Crippen LogP contribution in [0.15, 0.2) is 24.3 Å². The minimum absolute atomic E-state index is 0.000673. The van der Waals surface area contributed by atoms with Crippen molar-refractivity contribution in [1.82, 2.24) is 15.2 Å². The van der Waals surface area contributed by atoms with Crippen LogP contribution in [0.4, 0.5) is 0 Å². The van der Waals surface area contributed by atoms with Crippen molar-refractivity contribution in [1.29, 1.82) is 0 Å². The van der Waals surface area contributed by atoms with Gasteiger partial charge in [-0.2, -0.15) is 0 Å². The number of nitrogens with zero attached hydrogens (tertiary/aromatic N) is 2. The molecule has 2 aliphatic heterocycles. The number of hydrogen-bond acceptors (Lipinski definition) is 3. The van der Waals surface area contributed by atoms with Gasteiger partial charge < -0.3 is 5.32 Å². The number of pyridine rings is 1. The highest BCUT2D eigenvalue weighted by molar-refractivity contribution is 6.30. The maximum Gasteiger partial charge on any atom is 0.238 e. The second-order valence-electron chi connectivity index (χ2n) is 5.87. The minimum Gasteiger partial charge on any atom is -0.335 e. The summed E-state index contributed by atoms with van der Waals surface area (Å²) in [6, 6.07) is 8.16. The van der Waals surface area contributed by atoms with Gasteiger partial charge >= 0.3 is 0 Å². The Morgan fingerprint density at radius 2 is 2.24 bits per heavy atom. The van der Waals surface area contributed by atoms with Crippen LogP contribution in [0.5, 0.6) is 0 Å². The zero-order valence-corrected chi connectivity index (χ0v) is 12.5. The molecule has 0 bridgehead atoms. The SMILES string of the molecule is Cc1ccc2nc(Cl)c([C@H]3NC(=O)[C@@H]4CCCN34)cc2c1. The van der Waals surface area contributed by atoms with Crippen LogP contribution >= 0.6 is 11.6 Å². The quantitative estimate of drug-likeness (QED) is 0.824. The van der Waals surface area contributed by atoms with Gasteiger partial charge in [0.2, 0.25) is 5.91 Å². The number of rotatable bonds is 1. The maximum atomic E-state index is 12.1. The van der Waals surface area contributed by atoms with E-state index in [4.69, 9.17) is 11.6 Å². The molecule has 21 heavy (non-hydrogen) atoms. The summed E-state index contributed by atoms with van der Waals surface area (Å²) in [5.74, 6) is 0.109. The Balaban J connectivity index is 1.82. The average molecular weight is 302 g/mol. The van der Waals surface area contributed by atoms with Crippen molar-refractivity contribution >= 4 is 28.4 Å². The van der Waals surface area contributed by atoms with E-state index in [0.29, 0.717) is 5.15 Å². The van der Waals surface area contributed by atoms with Crippen molar-refractivity contribution < 1.29 is 4.79 Å². The number of aryl methyl sites for hydroxylation is 1. The Labute approximate surface area is 128 Å². The number of carbonyl (C=O) groups excluding carboxylic acids is 1. The van der Waals surface area contributed by atoms with Gasteiger partial charge in [0.05, 0.1) is 11.6 Å². The highest BCUT2D eigenvalue weighted by Crippen LogP contribution is 2.36. The fourth-order valence-corrected chi connectivity index (χ4v) is 3.68. The molecular weight excluding hydrogens is 286 g/mol. The lowest BCUT2D eigenvalue weighted by atomic mass is 10.1. The molecule has 1 amide bonds. The van der Waals surface area contributed by atoms with Crippen molar-refractivity contribution in [3.05, 3.63) is 40.5 Å². The van der Waals surface area contributed by atoms with Crippen LogP contribution in [0.25, 0.3) is 10.9 Å². The first-order valence-corrected chi connectivity index (χ1v) is 7.64. The summed E-state index contributed by atoms with van der Waals surface area (Å²) in [5.41, 5.74) is 2.97. The molecule has 0 unspecified atom stereocenters. The summed E-state index contributed by atoms with van der Waals surface area (Å²) in [6.07, 6.45) is 1.85. The number of benzene rings is 1. The van der Waals surface area contributed by atoms with Crippen molar-refractivity contribution in [2.45, 2.75) is 32.0 Å². The Kier molecular flexibility index (Phi) is 2.91. The van der Waals surface area contributed by atoms with Crippen molar-refractivity contribution in [3.8, 4) is 0 Å². The van der Waals surface area contributed by atoms with Gasteiger partial charge in [-0.05, 0) is 38.0 Å². The van der Waals surface area contributed by atoms with Gasteiger partial charge in [0.1, 0.15) is 11.3 Å². The van der Waals surface area contributed by atoms with Gasteiger partial charge in [-0.1, -0.05) is 23.2 Å². The molecule has 0 saturated carbocycles. The minimum atomic E-state index is -0.144. The summed E-state index contributed by atoms with van der Waals surface area (Å²) in [6.45, 7) is 2.98. The van der Waals surface area contributed by atoms with Crippen molar-refractivity contribution in [2.24, 2.45) is 0 Å². The Morgan fingerprint density at radius 1 is 1.38 bits per heavy atom. The van der Waals surface area contributed by atoms with Crippen LogP contribution in [0.1, 0.15) is 30.1 Å². The van der Waals surface area contributed by atoms with Gasteiger partial charge in [-0.15, -0.1) is 0 Å². The Bertz CT molecular complexity index is 746. The zero-order chi connectivity index (χ0) is 14.6. The lowest BCUT2D eigenvalue weighted by molar-refractivity contribution is -0.121. The highest BCUT2D eigenvalue weighted by atomic mass is 35.5. The van der Waals surface area contributed by atoms with Crippen LogP contribution in [-0.4, -0.2) is 28.4 Å². The summed E-state index contributed by atoms with van der Waals surface area (Å²) < 4.78 is 0. The average Bonchev–Trinajstić information content (AvgIpc) is 3.03. The van der Waals surface area contributed by atoms with E-state index in [9.17, 15) is 4.79 Å². The molecule has 2 aromatic rings. The van der Waals surface area contributed by atoms with E-state index in [-0.39, 0.29) is 18.1 Å². The summed E-state index contributed by atoms with van der Waals surface area (Å²) in [4.78, 5) is 18.7. The van der Waals surface area contributed by atoms with Gasteiger partial charge in [-0.25, -0.2) is 4.98 Å². The molecule has 2 fully saturated rings. The first-order chi connectivity index (χ1) is 10.1. The molecule has 4 rings (SSSR count). The smallest absolute Gasteiger partial charge is 0.238 e. The number of aromatic nitrogens is 1. The third-order valence-corrected chi connectivity index (χ3v) is 4.76. The second kappa shape index (κ2) is 4.68. The van der Waals surface area contributed by atoms with E-state index in [2.05, 4.69) is 34.3 Å². The normalized spacial score (nSPS) is 25.3. The van der Waals surface area contributed by atoms with Crippen LogP contribution in [-0.2, 0) is 4.79 Å². The second-order valence-corrected chi connectivity index (χ2v) is 6.23. The molecule has 0 radical (unpaired) electrons. The molecule has 2 aliphatic rings. The number of halogens is 1. The first-order valence-electron chi connectivity index (χ1n) is 7.26. The van der Waals surface area contributed by atoms with Crippen molar-refractivity contribution in [3.63, 3.8) is 0 Å². The molecule has 5 heteroatoms. The molecule has 2 saturated heterocycles. The van der Waals surface area contributed by atoms with E-state index < -0.39 is 0 Å². The van der Waals surface area contributed by atoms with E-state index >= 15 is 0 Å². The van der Waals surface area contributed by atoms with Gasteiger partial charge in [-0.3, -0.25) is 9.69 Å². The van der Waals surface area contributed by atoms with Gasteiger partial charge in [0.25, 0.3) is 0 Å². The molecule has 108 valence electrons. The topological polar surface area (TPSA) is 45.2 Å². The number of fused-ring (bicyclic) bond motifs is 2. The van der Waals surface area contributed by atoms with E-state index in [1.54, 1.807) is 0 Å². The summed E-state index contributed by atoms with van der Waals surface area (Å²) in [5, 5.41) is 4.59. The van der Waals surface area contributed by atoms with Crippen LogP contribution in [0, 0.1) is 6.92 Å². The molecule has 3 heterocycles. The molecule has 4 nitrogen and oxygen atoms in total. The fraction of sp³-hybridized carbons (Fsp3) is 0.375. The lowest BCUT2D eigenvalue weighted by Crippen LogP contribution is -2.28. The fourth-order valence-electron chi connectivity index (χ4n) is 3.43. The summed E-state index contributed by atoms with van der Waals surface area (Å²) in [7, 11) is 0. The van der Waals surface area contributed by atoms with Crippen LogP contribution in [0.3, 0.4) is 0 Å². The van der Waals surface area contributed by atoms with Gasteiger partial charge in [0, 0.05) is 17.5 Å². The zero-order valence-electron chi connectivity index (χ0n) is 11.8. The number of amides is 1. The number of carbonyl (C=O) groups is 1. The number of nitrogens with one attached hydrogen (secondary N) is 1. The Hall–Kier alpha value is -1.65. The number of hydrogen-bond donors (Lipinski definition) is 1. The standard InChI is InChI=1S/C16H16ClN3O/c1-9-4-5-12-10(7-9)8-11(14(17)18-12)15-19-16(21)13-3-2-6-20(13)15/h4-5,7-8,13,15H,2-3,6H2,1H3,(H,19,21)/t13-,15-/m0/s1. The first kappa shape index (κ1) is 13.0. The molecule has 1 aromatic carbocycles. The molecular formula is C16H16ClN3O. The molecule has 2 atom stereocenters. The van der Waals surface area contributed by atoms with Gasteiger partial charge in [0.15, 0.2) is 0 Å². The predicted octanol–water partition coefficient (Wildman–Crippen LogP) is 2.79. The molecule has 0 spiro atoms. The lowest BCUT2D eigenvalue weighted by Gasteiger charge is -2.23. The molecule has 0 aliphatic carbocycles. The van der Waals surface area contributed by atoms with E-state index in [0.717, 1.165) is 35.9 Å². The third-order valence-electron chi connectivity index (χ3n) is 4.45. The van der Waals surface area contributed by atoms with Crippen LogP contribution in [0.2, 0.25) is 5.15 Å². The predicted molar refractivity (Wildman–Crippen MR) is 82.1 cm³/mol. The summed E-state index contributed by atoms with van der Waals surface area (Å²) >= 11 is 6.37. The third kappa shape index (κ3) is 2.01. The van der Waals surface area contributed by atoms with Crippen LogP contribution < -0.4 is 5.32 Å². The Morgan fingerprint density at radius 3 is 3.10 bits per heavy atom. The molecule has 1 N–H and O–H groups in total. The molecule has 1 aromatic heterocycles. The van der Waals surface area contributed by atoms with E-state index in [1.807, 2.05) is 12.1 Å². The maximum absolute atomic E-state index is 12.1. The van der Waals surface area contributed by atoms with E-state index in [1.165, 1.54) is 5.56 Å². The largest absolute Gasteiger partial charge is 0.335 e. The monoisotopic (exact) mass is 301 g/mol. The highest BCUT2D eigenvalue weighted by Gasteiger charge is 2.43. The van der Waals surface area contributed by atoms with Crippen molar-refractivity contribution in [2.75, 3.05) is 6.54 Å².